The molecule has 142 valence electrons. The van der Waals surface area contributed by atoms with Crippen LogP contribution in [0.1, 0.15) is 48.1 Å². The summed E-state index contributed by atoms with van der Waals surface area (Å²) >= 11 is 0. The summed E-state index contributed by atoms with van der Waals surface area (Å²) in [6.45, 7) is 6.35. The molecule has 5 nitrogen and oxygen atoms in total. The van der Waals surface area contributed by atoms with Gasteiger partial charge in [-0.15, -0.1) is 0 Å². The molecule has 2 aromatic rings. The Bertz CT molecular complexity index is 825. The Labute approximate surface area is 161 Å². The Kier molecular flexibility index (Phi) is 6.35. The Morgan fingerprint density at radius 2 is 1.96 bits per heavy atom. The van der Waals surface area contributed by atoms with Gasteiger partial charge in [-0.2, -0.15) is 0 Å². The number of rotatable bonds is 6. The molecule has 3 rings (SSSR count). The maximum Gasteiger partial charge on any atom is 0.126 e. The predicted molar refractivity (Wildman–Crippen MR) is 110 cm³/mol. The zero-order valence-electron chi connectivity index (χ0n) is 16.1. The highest BCUT2D eigenvalue weighted by molar-refractivity contribution is 6.12. The highest BCUT2D eigenvalue weighted by Gasteiger charge is 2.19. The third-order valence-corrected chi connectivity index (χ3v) is 5.21. The van der Waals surface area contributed by atoms with Crippen molar-refractivity contribution < 1.29 is 4.74 Å². The lowest BCUT2D eigenvalue weighted by Crippen LogP contribution is -2.23. The van der Waals surface area contributed by atoms with Gasteiger partial charge in [-0.3, -0.25) is 9.98 Å². The second kappa shape index (κ2) is 8.91. The van der Waals surface area contributed by atoms with Gasteiger partial charge in [-0.05, 0) is 43.4 Å². The zero-order valence-corrected chi connectivity index (χ0v) is 16.1. The van der Waals surface area contributed by atoms with Crippen LogP contribution in [0, 0.1) is 18.3 Å². The van der Waals surface area contributed by atoms with Crippen molar-refractivity contribution >= 4 is 11.5 Å². The molecule has 1 aromatic heterocycles. The maximum absolute atomic E-state index is 8.76. The number of benzene rings is 1. The molecular formula is C22H28N4O. The largest absolute Gasteiger partial charge is 0.383 e. The molecule has 0 radical (unpaired) electrons. The Hall–Kier alpha value is -2.53. The quantitative estimate of drug-likeness (QED) is 0.605. The van der Waals surface area contributed by atoms with E-state index in [1.807, 2.05) is 50.2 Å². The van der Waals surface area contributed by atoms with Crippen molar-refractivity contribution in [3.05, 3.63) is 65.0 Å². The third-order valence-electron chi connectivity index (χ3n) is 5.21. The second-order valence-electron chi connectivity index (χ2n) is 7.19. The summed E-state index contributed by atoms with van der Waals surface area (Å²) in [5.41, 5.74) is 10.6. The van der Waals surface area contributed by atoms with Crippen LogP contribution in [0.4, 0.5) is 0 Å². The van der Waals surface area contributed by atoms with E-state index in [-0.39, 0.29) is 5.92 Å². The van der Waals surface area contributed by atoms with Crippen molar-refractivity contribution in [3.63, 3.8) is 0 Å². The smallest absolute Gasteiger partial charge is 0.126 e. The fourth-order valence-electron chi connectivity index (χ4n) is 3.42. The SMILES string of the molecule is Cc1cc([C@H](C)C(=N)c2ccccc2C(N)=NCC2CCOCC2)ccn1. The van der Waals surface area contributed by atoms with E-state index in [1.165, 1.54) is 0 Å². The molecule has 3 N–H and O–H groups in total. The molecule has 0 aliphatic carbocycles. The van der Waals surface area contributed by atoms with Gasteiger partial charge in [-0.25, -0.2) is 0 Å². The number of aliphatic imine (C=N–C) groups is 1. The molecule has 27 heavy (non-hydrogen) atoms. The molecule has 0 amide bonds. The number of nitrogens with two attached hydrogens (primary N) is 1. The van der Waals surface area contributed by atoms with E-state index in [0.717, 1.165) is 55.0 Å². The summed E-state index contributed by atoms with van der Waals surface area (Å²) in [5.74, 6) is 0.999. The van der Waals surface area contributed by atoms with E-state index >= 15 is 0 Å². The van der Waals surface area contributed by atoms with Crippen LogP contribution >= 0.6 is 0 Å². The molecule has 0 spiro atoms. The first-order valence-electron chi connectivity index (χ1n) is 9.54. The number of nitrogens with zero attached hydrogens (tertiary/aromatic N) is 2. The topological polar surface area (TPSA) is 84.4 Å². The summed E-state index contributed by atoms with van der Waals surface area (Å²) in [6.07, 6.45) is 3.86. The summed E-state index contributed by atoms with van der Waals surface area (Å²) in [7, 11) is 0. The molecule has 2 heterocycles. The lowest BCUT2D eigenvalue weighted by Gasteiger charge is -2.20. The number of nitrogens with one attached hydrogen (secondary N) is 1. The van der Waals surface area contributed by atoms with Crippen LogP contribution in [-0.2, 0) is 4.74 Å². The third kappa shape index (κ3) is 4.80. The number of ether oxygens (including phenoxy) is 1. The molecule has 0 saturated carbocycles. The molecule has 1 aliphatic heterocycles. The monoisotopic (exact) mass is 364 g/mol. The predicted octanol–water partition coefficient (Wildman–Crippen LogP) is 3.69. The Morgan fingerprint density at radius 1 is 1.26 bits per heavy atom. The normalized spacial score (nSPS) is 16.9. The van der Waals surface area contributed by atoms with Gasteiger partial charge in [0.2, 0.25) is 0 Å². The molecule has 1 saturated heterocycles. The number of aromatic nitrogens is 1. The number of pyridine rings is 1. The highest BCUT2D eigenvalue weighted by atomic mass is 16.5. The Morgan fingerprint density at radius 3 is 2.67 bits per heavy atom. The highest BCUT2D eigenvalue weighted by Crippen LogP contribution is 2.23. The Balaban J connectivity index is 1.81. The van der Waals surface area contributed by atoms with E-state index in [4.69, 9.17) is 15.9 Å². The lowest BCUT2D eigenvalue weighted by atomic mass is 9.89. The number of hydrogen-bond acceptors (Lipinski definition) is 4. The minimum absolute atomic E-state index is 0.0452. The number of aryl methyl sites for hydroxylation is 1. The molecule has 0 bridgehead atoms. The lowest BCUT2D eigenvalue weighted by molar-refractivity contribution is 0.0689. The van der Waals surface area contributed by atoms with E-state index in [1.54, 1.807) is 6.20 Å². The molecular weight excluding hydrogens is 336 g/mol. The van der Waals surface area contributed by atoms with Crippen molar-refractivity contribution in [2.45, 2.75) is 32.6 Å². The van der Waals surface area contributed by atoms with E-state index < -0.39 is 0 Å². The van der Waals surface area contributed by atoms with Gasteiger partial charge in [0.25, 0.3) is 0 Å². The van der Waals surface area contributed by atoms with Gasteiger partial charge in [0.15, 0.2) is 0 Å². The summed E-state index contributed by atoms with van der Waals surface area (Å²) in [5, 5.41) is 8.76. The molecule has 1 fully saturated rings. The summed E-state index contributed by atoms with van der Waals surface area (Å²) in [4.78, 5) is 8.89. The number of hydrogen-bond donors (Lipinski definition) is 2. The average Bonchev–Trinajstić information content (AvgIpc) is 2.71. The summed E-state index contributed by atoms with van der Waals surface area (Å²) in [6, 6.07) is 11.8. The minimum atomic E-state index is -0.0452. The van der Waals surface area contributed by atoms with E-state index in [9.17, 15) is 0 Å². The van der Waals surface area contributed by atoms with Crippen LogP contribution in [0.5, 0.6) is 0 Å². The van der Waals surface area contributed by atoms with Crippen molar-refractivity contribution in [1.82, 2.24) is 4.98 Å². The van der Waals surface area contributed by atoms with Crippen LogP contribution in [0.15, 0.2) is 47.6 Å². The first-order chi connectivity index (χ1) is 13.1. The molecule has 5 heteroatoms. The van der Waals surface area contributed by atoms with Gasteiger partial charge < -0.3 is 15.9 Å². The van der Waals surface area contributed by atoms with E-state index in [0.29, 0.717) is 17.5 Å². The molecule has 1 aromatic carbocycles. The molecule has 0 unspecified atom stereocenters. The van der Waals surface area contributed by atoms with Gasteiger partial charge in [0.1, 0.15) is 5.84 Å². The summed E-state index contributed by atoms with van der Waals surface area (Å²) < 4.78 is 5.41. The average molecular weight is 364 g/mol. The van der Waals surface area contributed by atoms with Crippen LogP contribution in [0.2, 0.25) is 0 Å². The van der Waals surface area contributed by atoms with Crippen LogP contribution < -0.4 is 5.73 Å². The van der Waals surface area contributed by atoms with Gasteiger partial charge in [-0.1, -0.05) is 31.2 Å². The first kappa shape index (κ1) is 19.2. The second-order valence-corrected chi connectivity index (χ2v) is 7.19. The van der Waals surface area contributed by atoms with Gasteiger partial charge in [0.05, 0.1) is 0 Å². The fourth-order valence-corrected chi connectivity index (χ4v) is 3.42. The van der Waals surface area contributed by atoms with Crippen molar-refractivity contribution in [2.75, 3.05) is 19.8 Å². The van der Waals surface area contributed by atoms with Crippen molar-refractivity contribution in [1.29, 1.82) is 5.41 Å². The van der Waals surface area contributed by atoms with Crippen LogP contribution in [-0.4, -0.2) is 36.3 Å². The van der Waals surface area contributed by atoms with Crippen molar-refractivity contribution in [3.8, 4) is 0 Å². The van der Waals surface area contributed by atoms with Crippen LogP contribution in [0.3, 0.4) is 0 Å². The number of amidine groups is 1. The first-order valence-corrected chi connectivity index (χ1v) is 9.54. The molecule has 1 atom stereocenters. The van der Waals surface area contributed by atoms with E-state index in [2.05, 4.69) is 9.98 Å². The standard InChI is InChI=1S/C22H28N4O/c1-15-13-18(7-10-25-15)16(2)21(23)19-5-3-4-6-20(19)22(24)26-14-17-8-11-27-12-9-17/h3-7,10,13,16-17,23H,8-9,11-12,14H2,1-2H3,(H2,24,26)/t16-/m0/s1. The maximum atomic E-state index is 8.76. The van der Waals surface area contributed by atoms with Crippen LogP contribution in [0.25, 0.3) is 0 Å². The zero-order chi connectivity index (χ0) is 19.2. The van der Waals surface area contributed by atoms with Gasteiger partial charge >= 0.3 is 0 Å². The van der Waals surface area contributed by atoms with Gasteiger partial charge in [0, 0.05) is 54.4 Å². The fraction of sp³-hybridized carbons (Fsp3) is 0.409. The molecule has 1 aliphatic rings. The minimum Gasteiger partial charge on any atom is -0.383 e. The van der Waals surface area contributed by atoms with Crippen molar-refractivity contribution in [2.24, 2.45) is 16.6 Å².